The molecule has 1 unspecified atom stereocenters. The van der Waals surface area contributed by atoms with Gasteiger partial charge in [0.15, 0.2) is 6.10 Å². The largest absolute Gasteiger partial charge is 0.472 e. The van der Waals surface area contributed by atoms with Gasteiger partial charge in [-0.15, -0.1) is 0 Å². The molecule has 391 valence electrons. The summed E-state index contributed by atoms with van der Waals surface area (Å²) in [6.07, 6.45) is 41.9. The van der Waals surface area contributed by atoms with Gasteiger partial charge in [-0.25, -0.2) is 9.46 Å². The maximum Gasteiger partial charge on any atom is 0.472 e. The number of unbranched alkanes of at least 4 members (excludes halogenated alkanes) is 22. The number of rotatable bonds is 45. The van der Waals surface area contributed by atoms with Crippen molar-refractivity contribution in [3.63, 3.8) is 0 Å². The van der Waals surface area contributed by atoms with Crippen LogP contribution in [0.2, 0.25) is 0 Å². The third-order valence-electron chi connectivity index (χ3n) is 12.0. The number of carbonyl (C=O) groups excluding carboxylic acids is 5. The van der Waals surface area contributed by atoms with Gasteiger partial charge in [0.2, 0.25) is 5.91 Å². The number of phosphoric acid groups is 1. The number of aryl methyl sites for hydroxylation is 1. The van der Waals surface area contributed by atoms with Gasteiger partial charge in [-0.2, -0.15) is 0 Å². The summed E-state index contributed by atoms with van der Waals surface area (Å²) < 4.78 is 34.0. The fraction of sp³-hybridized carbons (Fsp3) is 0.691. The van der Waals surface area contributed by atoms with Crippen LogP contribution in [0.1, 0.15) is 212 Å². The Morgan fingerprint density at radius 1 is 0.600 bits per heavy atom. The smallest absolute Gasteiger partial charge is 0.462 e. The molecule has 1 aliphatic rings. The predicted octanol–water partition coefficient (Wildman–Crippen LogP) is 12.8. The van der Waals surface area contributed by atoms with Crippen LogP contribution in [-0.2, 0) is 53.5 Å². The van der Waals surface area contributed by atoms with E-state index in [-0.39, 0.29) is 86.3 Å². The molecule has 1 aliphatic heterocycles. The van der Waals surface area contributed by atoms with Crippen molar-refractivity contribution < 1.29 is 52.0 Å². The van der Waals surface area contributed by atoms with Gasteiger partial charge >= 0.3 is 19.8 Å². The standard InChI is InChI=1S/C55H89N2O11P.Na/c1-3-5-7-9-11-13-15-17-19-21-23-25-27-29-31-36-54(61)65-46-50(68-55(62)37-32-30-28-26-24-22-20-18-16-14-12-10-8-6-4-2)47-67-69(63,64)66-45-44-56-51(58)35-33-34-48-38-40-49(41-39-48)57-52(59)42-43-53(57)60;/h17-20,38-43,50H,3-16,21-37,44-47H2,1-2H3,(H,56,58)(H,63,64);/b19-17-,20-18-;/t50-;/m1./s1. The number of esters is 2. The number of nitrogens with one attached hydrogen (secondary N) is 1. The van der Waals surface area contributed by atoms with Gasteiger partial charge < -0.3 is 19.7 Å². The van der Waals surface area contributed by atoms with E-state index in [2.05, 4.69) is 43.5 Å². The Labute approximate surface area is 444 Å². The van der Waals surface area contributed by atoms with Gasteiger partial charge in [-0.05, 0) is 94.7 Å². The SMILES string of the molecule is CCCCCCCC/C=C\CCCCCCCC(=O)OC[C@H](COP(=O)(O)OCCNC(=O)CCCc1ccc(N2C(=O)C=CC2=O)cc1)OC(=O)CCCCCCC/C=C\CCCCCCCC.[Na]. The zero-order valence-electron chi connectivity index (χ0n) is 43.5. The van der Waals surface area contributed by atoms with Crippen molar-refractivity contribution in [2.24, 2.45) is 0 Å². The molecule has 2 N–H and O–H groups in total. The number of benzene rings is 1. The molecule has 0 aliphatic carbocycles. The van der Waals surface area contributed by atoms with Gasteiger partial charge in [0.25, 0.3) is 11.8 Å². The number of imide groups is 1. The first kappa shape index (κ1) is 65.1. The van der Waals surface area contributed by atoms with Crippen LogP contribution in [0.15, 0.2) is 60.7 Å². The molecule has 0 aromatic heterocycles. The van der Waals surface area contributed by atoms with Crippen LogP contribution in [0.5, 0.6) is 0 Å². The molecule has 0 saturated heterocycles. The predicted molar refractivity (Wildman–Crippen MR) is 281 cm³/mol. The molecule has 1 aromatic carbocycles. The van der Waals surface area contributed by atoms with E-state index in [1.807, 2.05) is 0 Å². The summed E-state index contributed by atoms with van der Waals surface area (Å²) in [5, 5.41) is 2.65. The minimum Gasteiger partial charge on any atom is -0.462 e. The number of anilines is 1. The monoisotopic (exact) mass is 1010 g/mol. The average molecular weight is 1010 g/mol. The van der Waals surface area contributed by atoms with Crippen molar-refractivity contribution in [2.45, 2.75) is 219 Å². The molecule has 1 radical (unpaired) electrons. The Bertz CT molecular complexity index is 1690. The molecule has 0 fully saturated rings. The first-order chi connectivity index (χ1) is 33.5. The Morgan fingerprint density at radius 2 is 1.06 bits per heavy atom. The topological polar surface area (TPSA) is 175 Å². The van der Waals surface area contributed by atoms with E-state index in [4.69, 9.17) is 18.5 Å². The van der Waals surface area contributed by atoms with E-state index in [1.54, 1.807) is 24.3 Å². The summed E-state index contributed by atoms with van der Waals surface area (Å²) in [5.41, 5.74) is 1.41. The molecule has 3 amide bonds. The van der Waals surface area contributed by atoms with Crippen LogP contribution in [0.25, 0.3) is 0 Å². The Morgan fingerprint density at radius 3 is 1.56 bits per heavy atom. The third-order valence-corrected chi connectivity index (χ3v) is 13.0. The number of amides is 3. The molecule has 1 aromatic rings. The zero-order chi connectivity index (χ0) is 50.1. The summed E-state index contributed by atoms with van der Waals surface area (Å²) in [7, 11) is -4.62. The number of phosphoric ester groups is 1. The zero-order valence-corrected chi connectivity index (χ0v) is 46.4. The minimum atomic E-state index is -4.62. The second-order valence-corrected chi connectivity index (χ2v) is 19.7. The first-order valence-electron chi connectivity index (χ1n) is 26.7. The van der Waals surface area contributed by atoms with Crippen molar-refractivity contribution in [2.75, 3.05) is 31.3 Å². The van der Waals surface area contributed by atoms with Crippen LogP contribution in [0, 0.1) is 0 Å². The molecule has 70 heavy (non-hydrogen) atoms. The molecule has 0 spiro atoms. The molecule has 13 nitrogen and oxygen atoms in total. The molecule has 2 rings (SSSR count). The van der Waals surface area contributed by atoms with Gasteiger partial charge in [-0.1, -0.05) is 153 Å². The van der Waals surface area contributed by atoms with Crippen LogP contribution in [0.3, 0.4) is 0 Å². The molecular formula is C55H89N2NaO11P. The van der Waals surface area contributed by atoms with Crippen molar-refractivity contribution >= 4 is 72.7 Å². The number of hydrogen-bond acceptors (Lipinski definition) is 10. The first-order valence-corrected chi connectivity index (χ1v) is 28.2. The number of ether oxygens (including phenoxy) is 2. The van der Waals surface area contributed by atoms with Gasteiger partial charge in [0.05, 0.1) is 18.9 Å². The quantitative estimate of drug-likeness (QED) is 0.0159. The second kappa shape index (κ2) is 43.7. The molecule has 0 bridgehead atoms. The number of nitrogens with zero attached hydrogens (tertiary/aromatic N) is 1. The van der Waals surface area contributed by atoms with E-state index >= 15 is 0 Å². The van der Waals surface area contributed by atoms with Crippen molar-refractivity contribution in [1.82, 2.24) is 5.32 Å². The van der Waals surface area contributed by atoms with E-state index in [0.717, 1.165) is 87.5 Å². The Balaban J connectivity index is 0.0000245. The molecular weight excluding hydrogens is 919 g/mol. The summed E-state index contributed by atoms with van der Waals surface area (Å²) in [5.74, 6) is -1.99. The maximum absolute atomic E-state index is 12.8. The fourth-order valence-corrected chi connectivity index (χ4v) is 8.62. The van der Waals surface area contributed by atoms with Crippen molar-refractivity contribution in [3.05, 3.63) is 66.3 Å². The molecule has 1 heterocycles. The summed E-state index contributed by atoms with van der Waals surface area (Å²) >= 11 is 0. The third kappa shape index (κ3) is 35.3. The minimum absolute atomic E-state index is 0. The van der Waals surface area contributed by atoms with E-state index in [9.17, 15) is 33.4 Å². The van der Waals surface area contributed by atoms with Crippen LogP contribution in [-0.4, -0.2) is 96.6 Å². The summed E-state index contributed by atoms with van der Waals surface area (Å²) in [4.78, 5) is 73.2. The maximum atomic E-state index is 12.8. The van der Waals surface area contributed by atoms with Gasteiger partial charge in [0, 0.05) is 67.5 Å². The average Bonchev–Trinajstić information content (AvgIpc) is 3.67. The molecule has 15 heteroatoms. The fourth-order valence-electron chi connectivity index (χ4n) is 7.87. The molecule has 0 saturated carbocycles. The van der Waals surface area contributed by atoms with Gasteiger partial charge in [0.1, 0.15) is 6.61 Å². The van der Waals surface area contributed by atoms with Crippen LogP contribution >= 0.6 is 7.82 Å². The van der Waals surface area contributed by atoms with Gasteiger partial charge in [-0.3, -0.25) is 33.0 Å². The van der Waals surface area contributed by atoms with E-state index in [0.29, 0.717) is 31.4 Å². The second-order valence-electron chi connectivity index (χ2n) is 18.3. The van der Waals surface area contributed by atoms with Crippen molar-refractivity contribution in [1.29, 1.82) is 0 Å². The summed E-state index contributed by atoms with van der Waals surface area (Å²) in [6, 6.07) is 6.97. The number of allylic oxidation sites excluding steroid dienone is 4. The Kier molecular flexibility index (Phi) is 40.6. The van der Waals surface area contributed by atoms with E-state index < -0.39 is 32.5 Å². The number of hydrogen-bond donors (Lipinski definition) is 2. The normalized spacial score (nSPS) is 13.8. The molecule has 2 atom stereocenters. The summed E-state index contributed by atoms with van der Waals surface area (Å²) in [6.45, 7) is 3.27. The van der Waals surface area contributed by atoms with E-state index in [1.165, 1.54) is 89.2 Å². The Hall–Kier alpha value is -2.90. The van der Waals surface area contributed by atoms with Crippen molar-refractivity contribution in [3.8, 4) is 0 Å². The van der Waals surface area contributed by atoms with Crippen LogP contribution < -0.4 is 10.2 Å². The van der Waals surface area contributed by atoms with Crippen LogP contribution in [0.4, 0.5) is 5.69 Å². The number of carbonyl (C=O) groups is 5.